The van der Waals surface area contributed by atoms with Crippen molar-refractivity contribution in [1.29, 1.82) is 0 Å². The van der Waals surface area contributed by atoms with Crippen molar-refractivity contribution in [3.63, 3.8) is 0 Å². The zero-order valence-corrected chi connectivity index (χ0v) is 12.0. The zero-order chi connectivity index (χ0) is 14.9. The standard InChI is InChI=1S/C16H21FN2O2/c17-13-4-1-2-5-14(13)19-10-6-12(7-11-19)18-16(15(20)21)8-3-9-16/h1-2,4-5,12,18H,3,6-11H2,(H,20,21). The van der Waals surface area contributed by atoms with Crippen LogP contribution < -0.4 is 10.2 Å². The molecule has 114 valence electrons. The number of piperidine rings is 1. The molecule has 2 N–H and O–H groups in total. The van der Waals surface area contributed by atoms with Crippen molar-refractivity contribution >= 4 is 11.7 Å². The summed E-state index contributed by atoms with van der Waals surface area (Å²) in [6, 6.07) is 7.03. The van der Waals surface area contributed by atoms with Gasteiger partial charge >= 0.3 is 5.97 Å². The van der Waals surface area contributed by atoms with Crippen molar-refractivity contribution < 1.29 is 14.3 Å². The molecule has 0 unspecified atom stereocenters. The van der Waals surface area contributed by atoms with E-state index in [2.05, 4.69) is 5.32 Å². The Morgan fingerprint density at radius 2 is 1.95 bits per heavy atom. The third-order valence-corrected chi connectivity index (χ3v) is 4.79. The normalized spacial score (nSPS) is 21.9. The fraction of sp³-hybridized carbons (Fsp3) is 0.562. The van der Waals surface area contributed by atoms with Crippen molar-refractivity contribution in [2.75, 3.05) is 18.0 Å². The summed E-state index contributed by atoms with van der Waals surface area (Å²) in [6.45, 7) is 1.52. The number of para-hydroxylation sites is 1. The second-order valence-electron chi connectivity index (χ2n) is 6.10. The van der Waals surface area contributed by atoms with Crippen LogP contribution >= 0.6 is 0 Å². The van der Waals surface area contributed by atoms with E-state index in [0.29, 0.717) is 5.69 Å². The van der Waals surface area contributed by atoms with E-state index >= 15 is 0 Å². The molecule has 2 fully saturated rings. The molecule has 0 aromatic heterocycles. The monoisotopic (exact) mass is 292 g/mol. The minimum atomic E-state index is -0.731. The molecule has 0 atom stereocenters. The molecule has 1 heterocycles. The maximum absolute atomic E-state index is 13.8. The van der Waals surface area contributed by atoms with E-state index in [1.807, 2.05) is 11.0 Å². The maximum Gasteiger partial charge on any atom is 0.323 e. The molecular formula is C16H21FN2O2. The molecule has 0 bridgehead atoms. The molecule has 1 aromatic rings. The van der Waals surface area contributed by atoms with Crippen molar-refractivity contribution in [2.45, 2.75) is 43.7 Å². The second kappa shape index (κ2) is 5.64. The Balaban J connectivity index is 1.58. The van der Waals surface area contributed by atoms with Crippen LogP contribution in [-0.4, -0.2) is 35.7 Å². The first-order valence-corrected chi connectivity index (χ1v) is 7.61. The number of rotatable bonds is 4. The van der Waals surface area contributed by atoms with Gasteiger partial charge in [0.1, 0.15) is 11.4 Å². The molecule has 4 nitrogen and oxygen atoms in total. The van der Waals surface area contributed by atoms with Gasteiger partial charge in [-0.3, -0.25) is 10.1 Å². The molecule has 1 aromatic carbocycles. The number of benzene rings is 1. The van der Waals surface area contributed by atoms with E-state index in [0.717, 1.165) is 45.2 Å². The molecule has 1 aliphatic heterocycles. The van der Waals surface area contributed by atoms with Gasteiger partial charge in [0.15, 0.2) is 0 Å². The number of nitrogens with one attached hydrogen (secondary N) is 1. The third kappa shape index (κ3) is 2.75. The smallest absolute Gasteiger partial charge is 0.323 e. The number of carbonyl (C=O) groups is 1. The lowest BCUT2D eigenvalue weighted by Crippen LogP contribution is -2.61. The molecule has 1 saturated heterocycles. The maximum atomic E-state index is 13.8. The molecule has 2 aliphatic rings. The topological polar surface area (TPSA) is 52.6 Å². The first-order chi connectivity index (χ1) is 10.1. The van der Waals surface area contributed by atoms with E-state index in [-0.39, 0.29) is 11.9 Å². The lowest BCUT2D eigenvalue weighted by Gasteiger charge is -2.44. The van der Waals surface area contributed by atoms with Gasteiger partial charge in [0.05, 0.1) is 5.69 Å². The van der Waals surface area contributed by atoms with Gasteiger partial charge < -0.3 is 10.0 Å². The Hall–Kier alpha value is -1.62. The summed E-state index contributed by atoms with van der Waals surface area (Å²) >= 11 is 0. The highest BCUT2D eigenvalue weighted by atomic mass is 19.1. The summed E-state index contributed by atoms with van der Waals surface area (Å²) in [4.78, 5) is 13.4. The first kappa shape index (κ1) is 14.3. The van der Waals surface area contributed by atoms with Crippen LogP contribution in [0.15, 0.2) is 24.3 Å². The predicted molar refractivity (Wildman–Crippen MR) is 79.0 cm³/mol. The molecule has 1 saturated carbocycles. The Kier molecular flexibility index (Phi) is 3.85. The van der Waals surface area contributed by atoms with Gasteiger partial charge in [0, 0.05) is 19.1 Å². The van der Waals surface area contributed by atoms with E-state index < -0.39 is 11.5 Å². The van der Waals surface area contributed by atoms with Crippen LogP contribution in [0, 0.1) is 5.82 Å². The molecule has 21 heavy (non-hydrogen) atoms. The number of nitrogens with zero attached hydrogens (tertiary/aromatic N) is 1. The third-order valence-electron chi connectivity index (χ3n) is 4.79. The first-order valence-electron chi connectivity index (χ1n) is 7.61. The molecule has 0 radical (unpaired) electrons. The van der Waals surface area contributed by atoms with Gasteiger partial charge in [-0.05, 0) is 44.2 Å². The average Bonchev–Trinajstić information content (AvgIpc) is 2.44. The highest BCUT2D eigenvalue weighted by molar-refractivity contribution is 5.80. The number of anilines is 1. The highest BCUT2D eigenvalue weighted by Crippen LogP contribution is 2.34. The minimum Gasteiger partial charge on any atom is -0.480 e. The molecule has 3 rings (SSSR count). The number of carboxylic acids is 1. The van der Waals surface area contributed by atoms with Crippen LogP contribution in [0.25, 0.3) is 0 Å². The van der Waals surface area contributed by atoms with E-state index in [4.69, 9.17) is 0 Å². The Morgan fingerprint density at radius 1 is 1.29 bits per heavy atom. The van der Waals surface area contributed by atoms with Crippen LogP contribution in [0.4, 0.5) is 10.1 Å². The molecule has 0 spiro atoms. The van der Waals surface area contributed by atoms with Crippen molar-refractivity contribution in [1.82, 2.24) is 5.32 Å². The van der Waals surface area contributed by atoms with Gasteiger partial charge in [0.2, 0.25) is 0 Å². The van der Waals surface area contributed by atoms with Crippen molar-refractivity contribution in [3.05, 3.63) is 30.1 Å². The summed E-state index contributed by atoms with van der Waals surface area (Å²) in [5.74, 6) is -0.921. The second-order valence-corrected chi connectivity index (χ2v) is 6.10. The summed E-state index contributed by atoms with van der Waals surface area (Å²) in [6.07, 6.45) is 4.12. The summed E-state index contributed by atoms with van der Waals surface area (Å²) in [5.41, 5.74) is -0.0577. The van der Waals surface area contributed by atoms with Crippen molar-refractivity contribution in [3.8, 4) is 0 Å². The van der Waals surface area contributed by atoms with E-state index in [1.165, 1.54) is 6.07 Å². The summed E-state index contributed by atoms with van der Waals surface area (Å²) in [5, 5.41) is 12.7. The quantitative estimate of drug-likeness (QED) is 0.894. The number of hydrogen-bond acceptors (Lipinski definition) is 3. The van der Waals surface area contributed by atoms with Gasteiger partial charge in [0.25, 0.3) is 0 Å². The SMILES string of the molecule is O=C(O)C1(NC2CCN(c3ccccc3F)CC2)CCC1. The van der Waals surface area contributed by atoms with Crippen molar-refractivity contribution in [2.24, 2.45) is 0 Å². The number of hydrogen-bond donors (Lipinski definition) is 2. The zero-order valence-electron chi connectivity index (χ0n) is 12.0. The fourth-order valence-electron chi connectivity index (χ4n) is 3.31. The average molecular weight is 292 g/mol. The predicted octanol–water partition coefficient (Wildman–Crippen LogP) is 2.39. The van der Waals surface area contributed by atoms with Crippen LogP contribution in [0.1, 0.15) is 32.1 Å². The highest BCUT2D eigenvalue weighted by Gasteiger charge is 2.45. The molecular weight excluding hydrogens is 271 g/mol. The Labute approximate surface area is 124 Å². The molecule has 0 amide bonds. The summed E-state index contributed by atoms with van der Waals surface area (Å²) < 4.78 is 13.8. The van der Waals surface area contributed by atoms with Gasteiger partial charge in [-0.2, -0.15) is 0 Å². The Bertz CT molecular complexity index is 523. The summed E-state index contributed by atoms with van der Waals surface area (Å²) in [7, 11) is 0. The Morgan fingerprint density at radius 3 is 2.48 bits per heavy atom. The van der Waals surface area contributed by atoms with E-state index in [9.17, 15) is 14.3 Å². The van der Waals surface area contributed by atoms with Crippen LogP contribution in [0.2, 0.25) is 0 Å². The van der Waals surface area contributed by atoms with Crippen LogP contribution in [0.5, 0.6) is 0 Å². The van der Waals surface area contributed by atoms with Crippen LogP contribution in [-0.2, 0) is 4.79 Å². The van der Waals surface area contributed by atoms with Gasteiger partial charge in [-0.1, -0.05) is 12.1 Å². The number of carboxylic acid groups (broad SMARTS) is 1. The fourth-order valence-corrected chi connectivity index (χ4v) is 3.31. The van der Waals surface area contributed by atoms with Crippen LogP contribution in [0.3, 0.4) is 0 Å². The lowest BCUT2D eigenvalue weighted by atomic mass is 9.76. The largest absolute Gasteiger partial charge is 0.480 e. The molecule has 1 aliphatic carbocycles. The lowest BCUT2D eigenvalue weighted by molar-refractivity contribution is -0.149. The number of aliphatic carboxylic acids is 1. The van der Waals surface area contributed by atoms with E-state index in [1.54, 1.807) is 12.1 Å². The van der Waals surface area contributed by atoms with Gasteiger partial charge in [-0.15, -0.1) is 0 Å². The minimum absolute atomic E-state index is 0.190. The molecule has 5 heteroatoms. The number of halogens is 1. The van der Waals surface area contributed by atoms with Gasteiger partial charge in [-0.25, -0.2) is 4.39 Å².